The second kappa shape index (κ2) is 15.0. The highest BCUT2D eigenvalue weighted by Crippen LogP contribution is 2.55. The quantitative estimate of drug-likeness (QED) is 0.159. The molecule has 0 atom stereocenters. The number of thiophene rings is 2. The highest BCUT2D eigenvalue weighted by molar-refractivity contribution is 7.26. The molecule has 0 saturated carbocycles. The van der Waals surface area contributed by atoms with E-state index in [1.807, 2.05) is 22.7 Å². The van der Waals surface area contributed by atoms with Gasteiger partial charge in [0.2, 0.25) is 0 Å². The molecule has 0 saturated heterocycles. The summed E-state index contributed by atoms with van der Waals surface area (Å²) < 4.78 is 12.2. The van der Waals surface area contributed by atoms with Crippen molar-refractivity contribution < 1.29 is 4.42 Å². The Labute approximate surface area is 378 Å². The van der Waals surface area contributed by atoms with Gasteiger partial charge in [0, 0.05) is 56.9 Å². The molecule has 300 valence electrons. The number of furan rings is 1. The van der Waals surface area contributed by atoms with Crippen LogP contribution in [-0.4, -0.2) is 0 Å². The Balaban J connectivity index is 1.21. The van der Waals surface area contributed by atoms with Gasteiger partial charge in [0.1, 0.15) is 11.2 Å². The van der Waals surface area contributed by atoms with Gasteiger partial charge < -0.3 is 9.32 Å². The van der Waals surface area contributed by atoms with Gasteiger partial charge in [-0.15, -0.1) is 22.7 Å². The van der Waals surface area contributed by atoms with E-state index in [4.69, 9.17) is 4.42 Å². The van der Waals surface area contributed by atoms with Gasteiger partial charge in [-0.05, 0) is 81.9 Å². The van der Waals surface area contributed by atoms with Gasteiger partial charge in [-0.2, -0.15) is 0 Å². The summed E-state index contributed by atoms with van der Waals surface area (Å²) in [4.78, 5) is 2.59. The van der Waals surface area contributed by atoms with E-state index in [0.29, 0.717) is 0 Å². The maximum absolute atomic E-state index is 7.21. The molecule has 0 spiro atoms. The largest absolute Gasteiger partial charge is 0.455 e. The molecule has 3 heterocycles. The molecule has 4 heteroatoms. The second-order valence-corrected chi connectivity index (χ2v) is 18.5. The third-order valence-corrected chi connectivity index (χ3v) is 15.0. The van der Waals surface area contributed by atoms with Gasteiger partial charge in [-0.25, -0.2) is 0 Å². The third-order valence-electron chi connectivity index (χ3n) is 12.7. The van der Waals surface area contributed by atoms with E-state index < -0.39 is 0 Å². The van der Waals surface area contributed by atoms with Crippen molar-refractivity contribution in [1.29, 1.82) is 0 Å². The topological polar surface area (TPSA) is 16.4 Å². The number of rotatable bonds is 7. The lowest BCUT2D eigenvalue weighted by Gasteiger charge is -2.30. The summed E-state index contributed by atoms with van der Waals surface area (Å²) in [6.45, 7) is 0. The highest BCUT2D eigenvalue weighted by atomic mass is 32.1. The molecule has 2 nitrogen and oxygen atoms in total. The summed E-state index contributed by atoms with van der Waals surface area (Å²) in [6, 6.07) is 81.5. The number of nitrogens with zero attached hydrogens (tertiary/aromatic N) is 1. The lowest BCUT2D eigenvalue weighted by Crippen LogP contribution is -2.12. The zero-order valence-corrected chi connectivity index (χ0v) is 36.2. The number of anilines is 3. The average molecular weight is 852 g/mol. The second-order valence-electron chi connectivity index (χ2n) is 16.3. The Morgan fingerprint density at radius 3 is 1.66 bits per heavy atom. The van der Waals surface area contributed by atoms with Crippen LogP contribution < -0.4 is 4.90 Å². The van der Waals surface area contributed by atoms with Crippen molar-refractivity contribution in [1.82, 2.24) is 0 Å². The van der Waals surface area contributed by atoms with E-state index in [2.05, 4.69) is 229 Å². The van der Waals surface area contributed by atoms with Gasteiger partial charge in [0.15, 0.2) is 0 Å². The van der Waals surface area contributed by atoms with E-state index in [0.717, 1.165) is 72.4 Å². The standard InChI is InChI=1S/C60H37NOS2/c1-5-17-38(18-6-1)42-31-32-46-51(37-42)62-59-44(40-21-9-3-10-22-40)33-35-50(56(46)59)61(49-28-16-30-53-55(49)47-25-13-14-29-52(47)63-53)58-43(39-19-7-2-8-20-39)34-36-54-57(58)48-27-15-26-45(60(48)64-54)41-23-11-4-12-24-41/h1-37H. The molecule has 64 heavy (non-hydrogen) atoms. The number of fused-ring (bicyclic) bond motifs is 9. The molecule has 0 N–H and O–H groups in total. The minimum atomic E-state index is 0.857. The Hall–Kier alpha value is -7.76. The molecule has 0 unspecified atom stereocenters. The van der Waals surface area contributed by atoms with E-state index >= 15 is 0 Å². The Kier molecular flexibility index (Phi) is 8.61. The van der Waals surface area contributed by atoms with Crippen LogP contribution in [0.25, 0.3) is 107 Å². The van der Waals surface area contributed by atoms with Crippen LogP contribution in [0.3, 0.4) is 0 Å². The molecular formula is C60H37NOS2. The first-order valence-electron chi connectivity index (χ1n) is 21.7. The first-order chi connectivity index (χ1) is 31.8. The normalized spacial score (nSPS) is 11.8. The van der Waals surface area contributed by atoms with Crippen LogP contribution in [0.4, 0.5) is 17.1 Å². The molecule has 13 rings (SSSR count). The number of hydrogen-bond donors (Lipinski definition) is 0. The van der Waals surface area contributed by atoms with E-state index in [1.165, 1.54) is 51.5 Å². The minimum Gasteiger partial charge on any atom is -0.455 e. The van der Waals surface area contributed by atoms with E-state index in [9.17, 15) is 0 Å². The van der Waals surface area contributed by atoms with Crippen LogP contribution in [0.2, 0.25) is 0 Å². The average Bonchev–Trinajstić information content (AvgIpc) is 4.07. The smallest absolute Gasteiger partial charge is 0.145 e. The van der Waals surface area contributed by atoms with Gasteiger partial charge in [-0.1, -0.05) is 176 Å². The van der Waals surface area contributed by atoms with Crippen LogP contribution in [0.15, 0.2) is 229 Å². The molecule has 0 fully saturated rings. The van der Waals surface area contributed by atoms with Crippen LogP contribution in [0.1, 0.15) is 0 Å². The predicted molar refractivity (Wildman–Crippen MR) is 276 cm³/mol. The van der Waals surface area contributed by atoms with Crippen molar-refractivity contribution in [2.24, 2.45) is 0 Å². The molecule has 0 aliphatic heterocycles. The lowest BCUT2D eigenvalue weighted by molar-refractivity contribution is 0.670. The molecule has 3 aromatic heterocycles. The molecule has 0 radical (unpaired) electrons. The molecule has 0 bridgehead atoms. The molecule has 0 aliphatic rings. The molecule has 0 aliphatic carbocycles. The number of benzene rings is 10. The van der Waals surface area contributed by atoms with Gasteiger partial charge in [0.05, 0.1) is 22.4 Å². The zero-order valence-electron chi connectivity index (χ0n) is 34.5. The Morgan fingerprint density at radius 2 is 0.906 bits per heavy atom. The van der Waals surface area contributed by atoms with Crippen molar-refractivity contribution in [2.75, 3.05) is 4.90 Å². The monoisotopic (exact) mass is 851 g/mol. The highest BCUT2D eigenvalue weighted by Gasteiger charge is 2.29. The fourth-order valence-corrected chi connectivity index (χ4v) is 12.2. The van der Waals surface area contributed by atoms with Gasteiger partial charge in [0.25, 0.3) is 0 Å². The summed E-state index contributed by atoms with van der Waals surface area (Å²) in [7, 11) is 0. The Morgan fingerprint density at radius 1 is 0.328 bits per heavy atom. The summed E-state index contributed by atoms with van der Waals surface area (Å²) in [5, 5.41) is 7.11. The van der Waals surface area contributed by atoms with Gasteiger partial charge in [-0.3, -0.25) is 0 Å². The first kappa shape index (κ1) is 36.9. The molecular weight excluding hydrogens is 815 g/mol. The summed E-state index contributed by atoms with van der Waals surface area (Å²) in [5.74, 6) is 0. The van der Waals surface area contributed by atoms with Crippen molar-refractivity contribution in [3.63, 3.8) is 0 Å². The number of hydrogen-bond acceptors (Lipinski definition) is 4. The van der Waals surface area contributed by atoms with Gasteiger partial charge >= 0.3 is 0 Å². The summed E-state index contributed by atoms with van der Waals surface area (Å²) in [6.07, 6.45) is 0. The maximum atomic E-state index is 7.21. The third kappa shape index (κ3) is 5.84. The summed E-state index contributed by atoms with van der Waals surface area (Å²) in [5.41, 5.74) is 14.3. The fourth-order valence-electron chi connectivity index (χ4n) is 9.82. The van der Waals surface area contributed by atoms with Crippen LogP contribution in [0.5, 0.6) is 0 Å². The van der Waals surface area contributed by atoms with Crippen LogP contribution in [0, 0.1) is 0 Å². The molecule has 13 aromatic rings. The summed E-state index contributed by atoms with van der Waals surface area (Å²) >= 11 is 3.74. The van der Waals surface area contributed by atoms with Crippen LogP contribution in [-0.2, 0) is 0 Å². The first-order valence-corrected chi connectivity index (χ1v) is 23.3. The molecule has 0 amide bonds. The lowest BCUT2D eigenvalue weighted by atomic mass is 9.94. The zero-order chi connectivity index (χ0) is 42.1. The van der Waals surface area contributed by atoms with Crippen molar-refractivity contribution in [3.05, 3.63) is 224 Å². The van der Waals surface area contributed by atoms with E-state index in [-0.39, 0.29) is 0 Å². The predicted octanol–water partition coefficient (Wildman–Crippen LogP) is 18.5. The SMILES string of the molecule is c1ccc(-c2ccc3c(c2)oc2c(-c4ccccc4)ccc(N(c4cccc5sc6ccccc6c45)c4c(-c5ccccc5)ccc5sc6c(-c7ccccc7)cccc6c45)c23)cc1. The fraction of sp³-hybridized carbons (Fsp3) is 0. The minimum absolute atomic E-state index is 0.857. The maximum Gasteiger partial charge on any atom is 0.145 e. The van der Waals surface area contributed by atoms with Crippen molar-refractivity contribution in [3.8, 4) is 44.5 Å². The van der Waals surface area contributed by atoms with E-state index in [1.54, 1.807) is 0 Å². The Bertz CT molecular complexity index is 3890. The van der Waals surface area contributed by atoms with Crippen molar-refractivity contribution >= 4 is 102 Å². The van der Waals surface area contributed by atoms with Crippen molar-refractivity contribution in [2.45, 2.75) is 0 Å². The van der Waals surface area contributed by atoms with Crippen LogP contribution >= 0.6 is 22.7 Å². The molecule has 10 aromatic carbocycles.